The Bertz CT molecular complexity index is 701. The molecule has 25 heavy (non-hydrogen) atoms. The third kappa shape index (κ3) is 3.33. The number of carbonyl (C=O) groups excluding carboxylic acids is 1. The predicted molar refractivity (Wildman–Crippen MR) is 94.1 cm³/mol. The number of fused-ring (bicyclic) bond motifs is 2. The Hall–Kier alpha value is -2.14. The topological polar surface area (TPSA) is 75.6 Å². The van der Waals surface area contributed by atoms with Gasteiger partial charge in [0.2, 0.25) is 5.91 Å². The highest BCUT2D eigenvalue weighted by atomic mass is 16.5. The molecule has 5 nitrogen and oxygen atoms in total. The van der Waals surface area contributed by atoms with E-state index >= 15 is 0 Å². The van der Waals surface area contributed by atoms with Gasteiger partial charge in [0.1, 0.15) is 5.92 Å². The van der Waals surface area contributed by atoms with E-state index in [9.17, 15) is 14.7 Å². The van der Waals surface area contributed by atoms with E-state index in [0.29, 0.717) is 0 Å². The highest BCUT2D eigenvalue weighted by Crippen LogP contribution is 2.39. The molecule has 3 rings (SSSR count). The van der Waals surface area contributed by atoms with E-state index in [1.807, 2.05) is 19.1 Å². The molecule has 0 aromatic heterocycles. The van der Waals surface area contributed by atoms with Gasteiger partial charge >= 0.3 is 5.97 Å². The van der Waals surface area contributed by atoms with Crippen LogP contribution in [0.3, 0.4) is 0 Å². The molecule has 1 amide bonds. The number of rotatable bonds is 4. The number of aliphatic carboxylic acids is 1. The van der Waals surface area contributed by atoms with Crippen LogP contribution in [0, 0.1) is 11.8 Å². The van der Waals surface area contributed by atoms with Crippen molar-refractivity contribution < 1.29 is 19.4 Å². The molecule has 1 aromatic carbocycles. The van der Waals surface area contributed by atoms with Gasteiger partial charge in [0.25, 0.3) is 0 Å². The van der Waals surface area contributed by atoms with Crippen molar-refractivity contribution in [2.24, 2.45) is 11.8 Å². The first-order valence-corrected chi connectivity index (χ1v) is 8.66. The van der Waals surface area contributed by atoms with Gasteiger partial charge in [-0.25, -0.2) is 0 Å². The molecule has 134 valence electrons. The molecule has 1 saturated heterocycles. The second-order valence-corrected chi connectivity index (χ2v) is 7.94. The van der Waals surface area contributed by atoms with E-state index in [1.165, 1.54) is 5.56 Å². The van der Waals surface area contributed by atoms with Gasteiger partial charge in [0, 0.05) is 0 Å². The molecule has 0 radical (unpaired) electrons. The summed E-state index contributed by atoms with van der Waals surface area (Å²) in [5.74, 6) is -2.75. The van der Waals surface area contributed by atoms with E-state index in [-0.39, 0.29) is 17.4 Å². The van der Waals surface area contributed by atoms with Crippen LogP contribution in [0.4, 0.5) is 0 Å². The Labute approximate surface area is 148 Å². The van der Waals surface area contributed by atoms with E-state index in [0.717, 1.165) is 5.56 Å². The summed E-state index contributed by atoms with van der Waals surface area (Å²) >= 11 is 0. The number of ether oxygens (including phenoxy) is 1. The first kappa shape index (κ1) is 17.7. The normalized spacial score (nSPS) is 28.8. The zero-order valence-electron chi connectivity index (χ0n) is 15.0. The van der Waals surface area contributed by atoms with Crippen LogP contribution in [0.5, 0.6) is 0 Å². The molecule has 1 aromatic rings. The van der Waals surface area contributed by atoms with Crippen LogP contribution < -0.4 is 5.32 Å². The number of carboxylic acids is 1. The van der Waals surface area contributed by atoms with Crippen LogP contribution in [-0.4, -0.2) is 29.2 Å². The molecule has 2 N–H and O–H groups in total. The van der Waals surface area contributed by atoms with Crippen LogP contribution >= 0.6 is 0 Å². The Morgan fingerprint density at radius 3 is 2.16 bits per heavy atom. The lowest BCUT2D eigenvalue weighted by Gasteiger charge is -2.24. The fourth-order valence-corrected chi connectivity index (χ4v) is 3.58. The molecule has 2 heterocycles. The largest absolute Gasteiger partial charge is 0.481 e. The number of hydrogen-bond donors (Lipinski definition) is 2. The van der Waals surface area contributed by atoms with Crippen LogP contribution in [-0.2, 0) is 19.7 Å². The maximum atomic E-state index is 12.7. The quantitative estimate of drug-likeness (QED) is 0.824. The summed E-state index contributed by atoms with van der Waals surface area (Å²) in [7, 11) is 0. The summed E-state index contributed by atoms with van der Waals surface area (Å²) in [6, 6.07) is 7.97. The first-order chi connectivity index (χ1) is 11.7. The molecule has 5 heteroatoms. The van der Waals surface area contributed by atoms with Gasteiger partial charge in [-0.1, -0.05) is 57.2 Å². The van der Waals surface area contributed by atoms with Crippen molar-refractivity contribution in [2.75, 3.05) is 0 Å². The summed E-state index contributed by atoms with van der Waals surface area (Å²) in [5.41, 5.74) is 2.30. The molecule has 2 aliphatic rings. The first-order valence-electron chi connectivity index (χ1n) is 8.66. The lowest BCUT2D eigenvalue weighted by Crippen LogP contribution is -2.43. The Morgan fingerprint density at radius 1 is 1.08 bits per heavy atom. The van der Waals surface area contributed by atoms with Crippen molar-refractivity contribution in [3.63, 3.8) is 0 Å². The maximum absolute atomic E-state index is 12.7. The van der Waals surface area contributed by atoms with Crippen molar-refractivity contribution in [3.8, 4) is 0 Å². The number of hydrogen-bond acceptors (Lipinski definition) is 3. The lowest BCUT2D eigenvalue weighted by molar-refractivity contribution is -0.146. The SMILES string of the molecule is C[C@@H](NC(=O)[C@@H]1[C@@H](C(=O)O)[C@@H]2C=C[C@@H]1O2)c1ccc(C(C)(C)C)cc1. The third-order valence-electron chi connectivity index (χ3n) is 5.12. The van der Waals surface area contributed by atoms with Gasteiger partial charge in [-0.3, -0.25) is 9.59 Å². The molecular formula is C20H25NO4. The van der Waals surface area contributed by atoms with Gasteiger partial charge in [0.15, 0.2) is 0 Å². The van der Waals surface area contributed by atoms with Crippen LogP contribution in [0.25, 0.3) is 0 Å². The summed E-state index contributed by atoms with van der Waals surface area (Å²) in [4.78, 5) is 24.2. The van der Waals surface area contributed by atoms with E-state index in [4.69, 9.17) is 4.74 Å². The Kier molecular flexibility index (Phi) is 4.45. The molecule has 0 unspecified atom stereocenters. The van der Waals surface area contributed by atoms with E-state index < -0.39 is 30.0 Å². The van der Waals surface area contributed by atoms with Crippen molar-refractivity contribution >= 4 is 11.9 Å². The van der Waals surface area contributed by atoms with Gasteiger partial charge in [-0.15, -0.1) is 0 Å². The molecular weight excluding hydrogens is 318 g/mol. The fourth-order valence-electron chi connectivity index (χ4n) is 3.58. The molecule has 1 fully saturated rings. The highest BCUT2D eigenvalue weighted by molar-refractivity contribution is 5.87. The second-order valence-electron chi connectivity index (χ2n) is 7.94. The van der Waals surface area contributed by atoms with Crippen molar-refractivity contribution in [1.29, 1.82) is 0 Å². The molecule has 0 saturated carbocycles. The summed E-state index contributed by atoms with van der Waals surface area (Å²) in [5, 5.41) is 12.4. The van der Waals surface area contributed by atoms with Crippen molar-refractivity contribution in [3.05, 3.63) is 47.5 Å². The monoisotopic (exact) mass is 343 g/mol. The lowest BCUT2D eigenvalue weighted by atomic mass is 9.82. The van der Waals surface area contributed by atoms with Crippen molar-refractivity contribution in [2.45, 2.75) is 51.4 Å². The molecule has 5 atom stereocenters. The van der Waals surface area contributed by atoms with Gasteiger partial charge in [0.05, 0.1) is 24.2 Å². The summed E-state index contributed by atoms with van der Waals surface area (Å²) in [6.45, 7) is 8.37. The van der Waals surface area contributed by atoms with Gasteiger partial charge in [-0.05, 0) is 23.5 Å². The van der Waals surface area contributed by atoms with Crippen LogP contribution in [0.1, 0.15) is 44.9 Å². The minimum Gasteiger partial charge on any atom is -0.481 e. The smallest absolute Gasteiger partial charge is 0.310 e. The number of amides is 1. The minimum atomic E-state index is -0.987. The minimum absolute atomic E-state index is 0.0759. The Balaban J connectivity index is 1.70. The zero-order valence-corrected chi connectivity index (χ0v) is 15.0. The standard InChI is InChI=1S/C20H25NO4/c1-11(12-5-7-13(8-6-12)20(2,3)4)21-18(22)16-14-9-10-15(25-14)17(16)19(23)24/h5-11,14-17H,1-4H3,(H,21,22)(H,23,24)/t11-,14+,15+,16+,17+/m1/s1. The van der Waals surface area contributed by atoms with Crippen LogP contribution in [0.15, 0.2) is 36.4 Å². The second kappa shape index (κ2) is 6.30. The van der Waals surface area contributed by atoms with E-state index in [2.05, 4.69) is 38.2 Å². The summed E-state index contributed by atoms with van der Waals surface area (Å²) < 4.78 is 5.57. The zero-order chi connectivity index (χ0) is 18.4. The van der Waals surface area contributed by atoms with Gasteiger partial charge < -0.3 is 15.2 Å². The average molecular weight is 343 g/mol. The number of nitrogens with one attached hydrogen (secondary N) is 1. The van der Waals surface area contributed by atoms with E-state index in [1.54, 1.807) is 12.2 Å². The fraction of sp³-hybridized carbons (Fsp3) is 0.500. The number of carbonyl (C=O) groups is 2. The number of benzene rings is 1. The molecule has 0 aliphatic carbocycles. The molecule has 0 spiro atoms. The highest BCUT2D eigenvalue weighted by Gasteiger charge is 2.53. The Morgan fingerprint density at radius 2 is 1.64 bits per heavy atom. The third-order valence-corrected chi connectivity index (χ3v) is 5.12. The molecule has 2 bridgehead atoms. The summed E-state index contributed by atoms with van der Waals surface area (Å²) in [6.07, 6.45) is 2.58. The predicted octanol–water partition coefficient (Wildman–Crippen LogP) is 2.82. The van der Waals surface area contributed by atoms with Gasteiger partial charge in [-0.2, -0.15) is 0 Å². The number of carboxylic acid groups (broad SMARTS) is 1. The maximum Gasteiger partial charge on any atom is 0.310 e. The average Bonchev–Trinajstić information content (AvgIpc) is 3.14. The molecule has 2 aliphatic heterocycles. The van der Waals surface area contributed by atoms with Crippen molar-refractivity contribution in [1.82, 2.24) is 5.32 Å². The van der Waals surface area contributed by atoms with Crippen LogP contribution in [0.2, 0.25) is 0 Å².